The Kier molecular flexibility index (Phi) is 13.1. The first-order chi connectivity index (χ1) is 5.35. The van der Waals surface area contributed by atoms with Gasteiger partial charge in [0, 0.05) is 0 Å². The summed E-state index contributed by atoms with van der Waals surface area (Å²) in [6.07, 6.45) is 8.93. The van der Waals surface area contributed by atoms with E-state index in [0.717, 1.165) is 5.92 Å². The van der Waals surface area contributed by atoms with Crippen LogP contribution >= 0.6 is 0 Å². The van der Waals surface area contributed by atoms with Crippen LogP contribution in [0.15, 0.2) is 0 Å². The van der Waals surface area contributed by atoms with E-state index in [0.29, 0.717) is 0 Å². The lowest BCUT2D eigenvalue weighted by Gasteiger charge is -2.03. The van der Waals surface area contributed by atoms with Crippen LogP contribution in [0.3, 0.4) is 0 Å². The highest BCUT2D eigenvalue weighted by Gasteiger charge is 2.12. The van der Waals surface area contributed by atoms with E-state index < -0.39 is 0 Å². The van der Waals surface area contributed by atoms with Crippen molar-refractivity contribution in [3.05, 3.63) is 0 Å². The molecule has 2 heteroatoms. The van der Waals surface area contributed by atoms with Crippen molar-refractivity contribution < 1.29 is 5.48 Å². The van der Waals surface area contributed by atoms with Gasteiger partial charge < -0.3 is 10.8 Å². The molecule has 0 aromatic rings. The lowest BCUT2D eigenvalue weighted by Crippen LogP contribution is -1.89. The third-order valence-electron chi connectivity index (χ3n) is 2.17. The maximum Gasteiger partial charge on any atom is -0.0167 e. The van der Waals surface area contributed by atoms with Gasteiger partial charge in [-0.05, 0) is 20.0 Å². The molecule has 0 radical (unpaired) electrons. The molecule has 0 saturated heterocycles. The van der Waals surface area contributed by atoms with Gasteiger partial charge in [0.25, 0.3) is 0 Å². The van der Waals surface area contributed by atoms with Crippen molar-refractivity contribution in [1.29, 1.82) is 0 Å². The fourth-order valence-corrected chi connectivity index (χ4v) is 1.71. The Hall–Kier alpha value is -0.0800. The molecule has 0 amide bonds. The lowest BCUT2D eigenvalue weighted by molar-refractivity contribution is 0.496. The minimum atomic E-state index is 0. The fraction of sp³-hybridized carbons (Fsp3) is 1.00. The van der Waals surface area contributed by atoms with Crippen LogP contribution in [0, 0.1) is 5.92 Å². The predicted molar refractivity (Wildman–Crippen MR) is 55.5 cm³/mol. The third kappa shape index (κ3) is 8.02. The summed E-state index contributed by atoms with van der Waals surface area (Å²) in [5.74, 6) is 1.11. The SMILES string of the molecule is CCCC1CCCC1.CNC.O. The molecule has 0 bridgehead atoms. The number of hydrogen-bond acceptors (Lipinski definition) is 1. The molecule has 0 unspecified atom stereocenters. The smallest absolute Gasteiger partial charge is 0.0167 e. The van der Waals surface area contributed by atoms with Gasteiger partial charge in [-0.25, -0.2) is 0 Å². The molecule has 0 atom stereocenters. The van der Waals surface area contributed by atoms with Crippen LogP contribution in [-0.4, -0.2) is 19.6 Å². The fourth-order valence-electron chi connectivity index (χ4n) is 1.71. The Bertz CT molecular complexity index is 70.2. The second-order valence-corrected chi connectivity index (χ2v) is 3.44. The van der Waals surface area contributed by atoms with Crippen molar-refractivity contribution in [2.45, 2.75) is 45.4 Å². The highest BCUT2D eigenvalue weighted by Crippen LogP contribution is 2.27. The quantitative estimate of drug-likeness (QED) is 0.685. The third-order valence-corrected chi connectivity index (χ3v) is 2.17. The topological polar surface area (TPSA) is 43.5 Å². The summed E-state index contributed by atoms with van der Waals surface area (Å²) in [5.41, 5.74) is 0. The van der Waals surface area contributed by atoms with Gasteiger partial charge in [0.2, 0.25) is 0 Å². The summed E-state index contributed by atoms with van der Waals surface area (Å²) in [4.78, 5) is 0. The van der Waals surface area contributed by atoms with E-state index in [-0.39, 0.29) is 5.48 Å². The van der Waals surface area contributed by atoms with E-state index in [2.05, 4.69) is 12.2 Å². The van der Waals surface area contributed by atoms with Gasteiger partial charge in [-0.3, -0.25) is 0 Å². The van der Waals surface area contributed by atoms with Crippen LogP contribution in [0.25, 0.3) is 0 Å². The van der Waals surface area contributed by atoms with E-state index in [9.17, 15) is 0 Å². The molecule has 3 N–H and O–H groups in total. The Morgan fingerprint density at radius 3 is 1.92 bits per heavy atom. The molecular weight excluding hydrogens is 150 g/mol. The van der Waals surface area contributed by atoms with Crippen molar-refractivity contribution in [3.8, 4) is 0 Å². The first-order valence-electron chi connectivity index (χ1n) is 4.93. The Labute approximate surface area is 77.1 Å². The zero-order valence-corrected chi connectivity index (χ0v) is 8.82. The Balaban J connectivity index is 0. The molecule has 1 rings (SSSR count). The summed E-state index contributed by atoms with van der Waals surface area (Å²) in [7, 11) is 3.75. The van der Waals surface area contributed by atoms with E-state index in [1.165, 1.54) is 38.5 Å². The molecule has 0 spiro atoms. The van der Waals surface area contributed by atoms with Gasteiger partial charge in [-0.1, -0.05) is 45.4 Å². The van der Waals surface area contributed by atoms with E-state index >= 15 is 0 Å². The lowest BCUT2D eigenvalue weighted by atomic mass is 10.0. The van der Waals surface area contributed by atoms with Crippen LogP contribution in [0.5, 0.6) is 0 Å². The standard InChI is InChI=1S/C8H16.C2H7N.H2O/c1-2-5-8-6-3-4-7-8;1-3-2;/h8H,2-7H2,1H3;3H,1-2H3;1H2. The average Bonchev–Trinajstić information content (AvgIpc) is 2.42. The highest BCUT2D eigenvalue weighted by molar-refractivity contribution is 4.65. The van der Waals surface area contributed by atoms with Gasteiger partial charge in [-0.15, -0.1) is 0 Å². The van der Waals surface area contributed by atoms with Crippen molar-refractivity contribution in [2.24, 2.45) is 5.92 Å². The monoisotopic (exact) mass is 175 g/mol. The maximum absolute atomic E-state index is 2.75. The average molecular weight is 175 g/mol. The molecule has 0 aliphatic heterocycles. The van der Waals surface area contributed by atoms with Crippen LogP contribution < -0.4 is 5.32 Å². The maximum atomic E-state index is 2.75. The molecule has 0 aromatic heterocycles. The number of nitrogens with one attached hydrogen (secondary N) is 1. The van der Waals surface area contributed by atoms with E-state index in [4.69, 9.17) is 0 Å². The Morgan fingerprint density at radius 2 is 1.58 bits per heavy atom. The van der Waals surface area contributed by atoms with Crippen LogP contribution in [-0.2, 0) is 0 Å². The minimum Gasteiger partial charge on any atom is -0.412 e. The van der Waals surface area contributed by atoms with Crippen LogP contribution in [0.4, 0.5) is 0 Å². The zero-order chi connectivity index (χ0) is 8.53. The zero-order valence-electron chi connectivity index (χ0n) is 8.82. The van der Waals surface area contributed by atoms with Crippen LogP contribution in [0.1, 0.15) is 45.4 Å². The van der Waals surface area contributed by atoms with Crippen molar-refractivity contribution in [2.75, 3.05) is 14.1 Å². The van der Waals surface area contributed by atoms with Crippen LogP contribution in [0.2, 0.25) is 0 Å². The van der Waals surface area contributed by atoms with Gasteiger partial charge in [0.15, 0.2) is 0 Å². The molecule has 1 fully saturated rings. The van der Waals surface area contributed by atoms with Gasteiger partial charge in [-0.2, -0.15) is 0 Å². The van der Waals surface area contributed by atoms with Gasteiger partial charge >= 0.3 is 0 Å². The summed E-state index contributed by atoms with van der Waals surface area (Å²) < 4.78 is 0. The molecule has 0 heterocycles. The summed E-state index contributed by atoms with van der Waals surface area (Å²) in [6, 6.07) is 0. The largest absolute Gasteiger partial charge is 0.412 e. The molecule has 1 saturated carbocycles. The van der Waals surface area contributed by atoms with Crippen molar-refractivity contribution >= 4 is 0 Å². The predicted octanol–water partition coefficient (Wildman–Crippen LogP) is 1.99. The molecule has 1 aliphatic rings. The van der Waals surface area contributed by atoms with Crippen molar-refractivity contribution in [3.63, 3.8) is 0 Å². The molecular formula is C10H25NO. The molecule has 76 valence electrons. The molecule has 12 heavy (non-hydrogen) atoms. The minimum absolute atomic E-state index is 0. The van der Waals surface area contributed by atoms with Gasteiger partial charge in [0.05, 0.1) is 0 Å². The van der Waals surface area contributed by atoms with Crippen molar-refractivity contribution in [1.82, 2.24) is 5.32 Å². The summed E-state index contributed by atoms with van der Waals surface area (Å²) >= 11 is 0. The second-order valence-electron chi connectivity index (χ2n) is 3.44. The molecule has 2 nitrogen and oxygen atoms in total. The van der Waals surface area contributed by atoms with E-state index in [1.807, 2.05) is 14.1 Å². The first-order valence-corrected chi connectivity index (χ1v) is 4.93. The molecule has 0 aromatic carbocycles. The molecule has 1 aliphatic carbocycles. The van der Waals surface area contributed by atoms with Gasteiger partial charge in [0.1, 0.15) is 0 Å². The Morgan fingerprint density at radius 1 is 1.17 bits per heavy atom. The van der Waals surface area contributed by atoms with E-state index in [1.54, 1.807) is 0 Å². The highest BCUT2D eigenvalue weighted by atomic mass is 16.0. The summed E-state index contributed by atoms with van der Waals surface area (Å²) in [5, 5.41) is 2.75. The first kappa shape index (κ1) is 14.4. The summed E-state index contributed by atoms with van der Waals surface area (Å²) in [6.45, 7) is 2.29. The normalized spacial score (nSPS) is 16.2. The second kappa shape index (κ2) is 10.9. The number of hydrogen-bond donors (Lipinski definition) is 1. The number of rotatable bonds is 2.